The summed E-state index contributed by atoms with van der Waals surface area (Å²) in [5, 5.41) is 4.66. The van der Waals surface area contributed by atoms with Crippen LogP contribution in [0.5, 0.6) is 0 Å². The molecule has 0 fully saturated rings. The third-order valence-electron chi connectivity index (χ3n) is 2.35. The Morgan fingerprint density at radius 3 is 2.62 bits per heavy atom. The maximum atomic E-state index is 3.53. The lowest BCUT2D eigenvalue weighted by molar-refractivity contribution is 1.01. The zero-order valence-electron chi connectivity index (χ0n) is 7.78. The van der Waals surface area contributed by atoms with E-state index in [0.717, 1.165) is 0 Å². The van der Waals surface area contributed by atoms with Crippen molar-refractivity contribution in [3.05, 3.63) is 29.8 Å². The maximum Gasteiger partial charge on any atom is 0.0880 e. The van der Waals surface area contributed by atoms with Crippen LogP contribution in [0.25, 0.3) is 0 Å². The molecule has 2 unspecified atom stereocenters. The topological polar surface area (TPSA) is 12.0 Å². The van der Waals surface area contributed by atoms with Gasteiger partial charge in [-0.2, -0.15) is 11.8 Å². The fraction of sp³-hybridized carbons (Fsp3) is 0.400. The van der Waals surface area contributed by atoms with Crippen molar-refractivity contribution in [3.63, 3.8) is 0 Å². The average Bonchev–Trinajstić information content (AvgIpc) is 2.55. The van der Waals surface area contributed by atoms with E-state index in [1.54, 1.807) is 0 Å². The second kappa shape index (κ2) is 3.84. The Labute approximate surface area is 87.7 Å². The Hall–Kier alpha value is -0.280. The van der Waals surface area contributed by atoms with Crippen molar-refractivity contribution >= 4 is 29.2 Å². The number of hydrogen-bond acceptors (Lipinski definition) is 3. The van der Waals surface area contributed by atoms with E-state index in [-0.39, 0.29) is 0 Å². The third-order valence-corrected chi connectivity index (χ3v) is 4.45. The van der Waals surface area contributed by atoms with E-state index in [9.17, 15) is 0 Å². The molecule has 0 saturated carbocycles. The molecule has 1 heterocycles. The molecule has 0 aliphatic carbocycles. The first-order valence-electron chi connectivity index (χ1n) is 4.28. The van der Waals surface area contributed by atoms with Crippen molar-refractivity contribution in [1.29, 1.82) is 0 Å². The van der Waals surface area contributed by atoms with Gasteiger partial charge in [-0.25, -0.2) is 0 Å². The summed E-state index contributed by atoms with van der Waals surface area (Å²) < 4.78 is 0. The van der Waals surface area contributed by atoms with Gasteiger partial charge in [0.1, 0.15) is 0 Å². The van der Waals surface area contributed by atoms with E-state index < -0.39 is 0 Å². The summed E-state index contributed by atoms with van der Waals surface area (Å²) in [4.78, 5) is 0. The highest BCUT2D eigenvalue weighted by Crippen LogP contribution is 2.45. The molecule has 0 spiro atoms. The first-order chi connectivity index (χ1) is 6.36. The van der Waals surface area contributed by atoms with E-state index in [1.165, 1.54) is 11.3 Å². The third kappa shape index (κ3) is 1.55. The van der Waals surface area contributed by atoms with Crippen LogP contribution in [0.15, 0.2) is 24.3 Å². The van der Waals surface area contributed by atoms with Gasteiger partial charge in [-0.1, -0.05) is 18.2 Å². The second-order valence-corrected chi connectivity index (χ2v) is 5.00. The van der Waals surface area contributed by atoms with E-state index in [4.69, 9.17) is 0 Å². The SMILES string of the molecule is CSC1Nc2ccccc2C1SC. The molecule has 1 N–H and O–H groups in total. The number of nitrogens with one attached hydrogen (secondary N) is 1. The Balaban J connectivity index is 2.34. The molecule has 0 amide bonds. The van der Waals surface area contributed by atoms with Crippen LogP contribution in [0, 0.1) is 0 Å². The molecule has 1 nitrogen and oxygen atoms in total. The van der Waals surface area contributed by atoms with Crippen LogP contribution in [0.4, 0.5) is 5.69 Å². The lowest BCUT2D eigenvalue weighted by Crippen LogP contribution is -2.12. The molecule has 3 heteroatoms. The fourth-order valence-corrected chi connectivity index (χ4v) is 3.78. The number of rotatable bonds is 2. The van der Waals surface area contributed by atoms with E-state index in [2.05, 4.69) is 42.1 Å². The number of anilines is 1. The van der Waals surface area contributed by atoms with Crippen LogP contribution in [-0.4, -0.2) is 17.9 Å². The van der Waals surface area contributed by atoms with Crippen LogP contribution >= 0.6 is 23.5 Å². The van der Waals surface area contributed by atoms with Crippen LogP contribution in [0.2, 0.25) is 0 Å². The van der Waals surface area contributed by atoms with Gasteiger partial charge in [0, 0.05) is 5.69 Å². The minimum atomic E-state index is 0.535. The van der Waals surface area contributed by atoms with Crippen LogP contribution in [-0.2, 0) is 0 Å². The van der Waals surface area contributed by atoms with Crippen LogP contribution in [0.3, 0.4) is 0 Å². The molecule has 2 atom stereocenters. The van der Waals surface area contributed by atoms with Crippen molar-refractivity contribution in [2.75, 3.05) is 17.8 Å². The van der Waals surface area contributed by atoms with Crippen molar-refractivity contribution in [2.24, 2.45) is 0 Å². The highest BCUT2D eigenvalue weighted by molar-refractivity contribution is 8.03. The molecule has 70 valence electrons. The van der Waals surface area contributed by atoms with Crippen molar-refractivity contribution in [2.45, 2.75) is 10.6 Å². The molecular formula is C10H13NS2. The summed E-state index contributed by atoms with van der Waals surface area (Å²) in [6, 6.07) is 8.59. The van der Waals surface area contributed by atoms with Crippen molar-refractivity contribution < 1.29 is 0 Å². The first kappa shape index (κ1) is 9.28. The van der Waals surface area contributed by atoms with Crippen molar-refractivity contribution in [3.8, 4) is 0 Å². The molecule has 1 aliphatic rings. The summed E-state index contributed by atoms with van der Waals surface area (Å²) in [7, 11) is 0. The van der Waals surface area contributed by atoms with E-state index in [0.29, 0.717) is 10.6 Å². The summed E-state index contributed by atoms with van der Waals surface area (Å²) in [5.74, 6) is 0. The maximum absolute atomic E-state index is 3.53. The van der Waals surface area contributed by atoms with Crippen molar-refractivity contribution in [1.82, 2.24) is 0 Å². The van der Waals surface area contributed by atoms with Gasteiger partial charge in [0.05, 0.1) is 10.6 Å². The zero-order chi connectivity index (χ0) is 9.26. The fourth-order valence-electron chi connectivity index (χ4n) is 1.70. The smallest absolute Gasteiger partial charge is 0.0880 e. The highest BCUT2D eigenvalue weighted by atomic mass is 32.2. The highest BCUT2D eigenvalue weighted by Gasteiger charge is 2.30. The first-order valence-corrected chi connectivity index (χ1v) is 6.85. The lowest BCUT2D eigenvalue weighted by Gasteiger charge is -2.15. The molecule has 1 aromatic rings. The number of benzene rings is 1. The Kier molecular flexibility index (Phi) is 2.74. The Morgan fingerprint density at radius 2 is 1.92 bits per heavy atom. The normalized spacial score (nSPS) is 25.4. The summed E-state index contributed by atoms with van der Waals surface area (Å²) >= 11 is 3.81. The van der Waals surface area contributed by atoms with Gasteiger partial charge in [0.15, 0.2) is 0 Å². The average molecular weight is 211 g/mol. The molecule has 2 rings (SSSR count). The predicted molar refractivity (Wildman–Crippen MR) is 63.6 cm³/mol. The van der Waals surface area contributed by atoms with Gasteiger partial charge in [0.25, 0.3) is 0 Å². The van der Waals surface area contributed by atoms with Gasteiger partial charge >= 0.3 is 0 Å². The van der Waals surface area contributed by atoms with Crippen LogP contribution < -0.4 is 5.32 Å². The largest absolute Gasteiger partial charge is 0.372 e. The quantitative estimate of drug-likeness (QED) is 0.807. The molecule has 0 bridgehead atoms. The van der Waals surface area contributed by atoms with E-state index in [1.807, 2.05) is 23.5 Å². The van der Waals surface area contributed by atoms with Gasteiger partial charge in [-0.15, -0.1) is 11.8 Å². The molecule has 0 saturated heterocycles. The molecule has 1 aliphatic heterocycles. The summed E-state index contributed by atoms with van der Waals surface area (Å²) in [6.07, 6.45) is 4.34. The minimum Gasteiger partial charge on any atom is -0.372 e. The molecule has 13 heavy (non-hydrogen) atoms. The Bertz CT molecular complexity index is 301. The Morgan fingerprint density at radius 1 is 1.15 bits per heavy atom. The minimum absolute atomic E-state index is 0.535. The molecule has 0 radical (unpaired) electrons. The van der Waals surface area contributed by atoms with Gasteiger partial charge in [-0.3, -0.25) is 0 Å². The van der Waals surface area contributed by atoms with Gasteiger partial charge < -0.3 is 5.32 Å². The lowest BCUT2D eigenvalue weighted by atomic mass is 10.2. The summed E-state index contributed by atoms with van der Waals surface area (Å²) in [5.41, 5.74) is 2.76. The number of para-hydroxylation sites is 1. The van der Waals surface area contributed by atoms with E-state index >= 15 is 0 Å². The van der Waals surface area contributed by atoms with Crippen LogP contribution in [0.1, 0.15) is 10.8 Å². The molecular weight excluding hydrogens is 198 g/mol. The standard InChI is InChI=1S/C10H13NS2/c1-12-9-7-5-3-4-6-8(7)11-10(9)13-2/h3-6,9-11H,1-2H3. The van der Waals surface area contributed by atoms with Gasteiger partial charge in [-0.05, 0) is 24.1 Å². The predicted octanol–water partition coefficient (Wildman–Crippen LogP) is 3.21. The number of thioether (sulfide) groups is 2. The molecule has 1 aromatic carbocycles. The number of hydrogen-bond donors (Lipinski definition) is 1. The second-order valence-electron chi connectivity index (χ2n) is 3.04. The monoisotopic (exact) mass is 211 g/mol. The zero-order valence-corrected chi connectivity index (χ0v) is 9.41. The molecule has 0 aromatic heterocycles. The summed E-state index contributed by atoms with van der Waals surface area (Å²) in [6.45, 7) is 0. The number of fused-ring (bicyclic) bond motifs is 1. The van der Waals surface area contributed by atoms with Gasteiger partial charge in [0.2, 0.25) is 0 Å².